The van der Waals surface area contributed by atoms with E-state index in [1.807, 2.05) is 19.1 Å². The van der Waals surface area contributed by atoms with E-state index in [1.165, 1.54) is 6.21 Å². The fourth-order valence-corrected chi connectivity index (χ4v) is 0.754. The van der Waals surface area contributed by atoms with Crippen LogP contribution < -0.4 is 0 Å². The van der Waals surface area contributed by atoms with Crippen LogP contribution in [0.4, 0.5) is 0 Å². The molecule has 0 radical (unpaired) electrons. The molecule has 0 fully saturated rings. The van der Waals surface area contributed by atoms with Crippen LogP contribution in [0.3, 0.4) is 0 Å². The molecule has 3 nitrogen and oxygen atoms in total. The summed E-state index contributed by atoms with van der Waals surface area (Å²) in [4.78, 5) is 4.82. The van der Waals surface area contributed by atoms with Crippen LogP contribution in [0.2, 0.25) is 0 Å². The summed E-state index contributed by atoms with van der Waals surface area (Å²) in [6, 6.07) is 3.70. The first kappa shape index (κ1) is 9.40. The van der Waals surface area contributed by atoms with E-state index in [0.29, 0.717) is 12.4 Å². The molecule has 3 heteroatoms. The smallest absolute Gasteiger partial charge is 0.177 e. The highest BCUT2D eigenvalue weighted by molar-refractivity contribution is 5.75. The van der Waals surface area contributed by atoms with E-state index < -0.39 is 0 Å². The molecule has 68 valence electrons. The van der Waals surface area contributed by atoms with E-state index in [9.17, 15) is 0 Å². The minimum absolute atomic E-state index is 0.312. The molecule has 0 saturated carbocycles. The van der Waals surface area contributed by atoms with Gasteiger partial charge in [0.2, 0.25) is 0 Å². The maximum absolute atomic E-state index is 5.22. The minimum Gasteiger partial charge on any atom is -0.460 e. The molecule has 1 rings (SSSR count). The lowest BCUT2D eigenvalue weighted by molar-refractivity contribution is 0.181. The normalized spacial score (nSPS) is 9.69. The Kier molecular flexibility index (Phi) is 3.65. The van der Waals surface area contributed by atoms with Crippen LogP contribution >= 0.6 is 0 Å². The Hall–Kier alpha value is -1.69. The topological polar surface area (TPSA) is 34.7 Å². The molecule has 1 heterocycles. The lowest BCUT2D eigenvalue weighted by atomic mass is 10.4. The van der Waals surface area contributed by atoms with E-state index in [-0.39, 0.29) is 0 Å². The Labute approximate surface area is 77.4 Å². The van der Waals surface area contributed by atoms with Gasteiger partial charge in [0, 0.05) is 0 Å². The standard InChI is InChI=1S/C10H11NO2/c1-3-4-7-12-11-8-10-6-5-9(2)13-10/h5-6,8H,7H2,1-2H3/b11-8+. The molecular formula is C10H11NO2. The molecule has 0 bridgehead atoms. The molecule has 1 aromatic rings. The van der Waals surface area contributed by atoms with E-state index in [0.717, 1.165) is 5.76 Å². The Bertz CT molecular complexity index is 341. The number of aryl methyl sites for hydroxylation is 1. The third-order valence-corrected chi connectivity index (χ3v) is 1.33. The van der Waals surface area contributed by atoms with Crippen molar-refractivity contribution in [3.05, 3.63) is 23.7 Å². The fourth-order valence-electron chi connectivity index (χ4n) is 0.754. The van der Waals surface area contributed by atoms with Gasteiger partial charge in [0.15, 0.2) is 6.61 Å². The molecule has 0 amide bonds. The first-order valence-electron chi connectivity index (χ1n) is 3.94. The molecule has 0 atom stereocenters. The maximum atomic E-state index is 5.22. The van der Waals surface area contributed by atoms with Crippen LogP contribution in [0.1, 0.15) is 18.4 Å². The Morgan fingerprint density at radius 3 is 3.08 bits per heavy atom. The van der Waals surface area contributed by atoms with E-state index in [4.69, 9.17) is 9.25 Å². The van der Waals surface area contributed by atoms with Crippen molar-refractivity contribution in [2.24, 2.45) is 5.16 Å². The van der Waals surface area contributed by atoms with Crippen molar-refractivity contribution < 1.29 is 9.25 Å². The predicted octanol–water partition coefficient (Wildman–Crippen LogP) is 1.96. The number of hydrogen-bond donors (Lipinski definition) is 0. The van der Waals surface area contributed by atoms with Crippen LogP contribution in [0.5, 0.6) is 0 Å². The second kappa shape index (κ2) is 5.04. The van der Waals surface area contributed by atoms with Crippen molar-refractivity contribution in [1.82, 2.24) is 0 Å². The van der Waals surface area contributed by atoms with Crippen LogP contribution in [0.25, 0.3) is 0 Å². The van der Waals surface area contributed by atoms with Crippen LogP contribution in [-0.2, 0) is 4.84 Å². The predicted molar refractivity (Wildman–Crippen MR) is 50.4 cm³/mol. The van der Waals surface area contributed by atoms with Gasteiger partial charge in [0.1, 0.15) is 17.7 Å². The Balaban J connectivity index is 2.35. The van der Waals surface area contributed by atoms with Crippen molar-refractivity contribution in [1.29, 1.82) is 0 Å². The molecule has 0 saturated heterocycles. The third-order valence-electron chi connectivity index (χ3n) is 1.33. The van der Waals surface area contributed by atoms with Gasteiger partial charge in [0.05, 0.1) is 0 Å². The van der Waals surface area contributed by atoms with E-state index >= 15 is 0 Å². The SMILES string of the molecule is CC#CCO/N=C/c1ccc(C)o1. The second-order valence-corrected chi connectivity index (χ2v) is 2.38. The molecule has 0 unspecified atom stereocenters. The maximum Gasteiger partial charge on any atom is 0.177 e. The third kappa shape index (κ3) is 3.48. The van der Waals surface area contributed by atoms with Gasteiger partial charge in [-0.3, -0.25) is 0 Å². The largest absolute Gasteiger partial charge is 0.460 e. The van der Waals surface area contributed by atoms with E-state index in [1.54, 1.807) is 6.92 Å². The summed E-state index contributed by atoms with van der Waals surface area (Å²) < 4.78 is 5.22. The molecule has 13 heavy (non-hydrogen) atoms. The number of furan rings is 1. The first-order valence-corrected chi connectivity index (χ1v) is 3.94. The van der Waals surface area contributed by atoms with Gasteiger partial charge in [-0.15, -0.1) is 5.92 Å². The Morgan fingerprint density at radius 1 is 1.62 bits per heavy atom. The first-order chi connectivity index (χ1) is 6.33. The zero-order chi connectivity index (χ0) is 9.52. The summed E-state index contributed by atoms with van der Waals surface area (Å²) in [7, 11) is 0. The molecular weight excluding hydrogens is 166 g/mol. The zero-order valence-corrected chi connectivity index (χ0v) is 7.70. The molecule has 0 aliphatic rings. The Morgan fingerprint density at radius 2 is 2.46 bits per heavy atom. The monoisotopic (exact) mass is 177 g/mol. The summed E-state index contributed by atoms with van der Waals surface area (Å²) in [5, 5.41) is 3.67. The highest BCUT2D eigenvalue weighted by Crippen LogP contribution is 2.02. The van der Waals surface area contributed by atoms with Gasteiger partial charge < -0.3 is 9.25 Å². The summed E-state index contributed by atoms with van der Waals surface area (Å²) >= 11 is 0. The minimum atomic E-state index is 0.312. The molecule has 0 aliphatic heterocycles. The highest BCUT2D eigenvalue weighted by Gasteiger charge is 1.92. The van der Waals surface area contributed by atoms with Crippen LogP contribution in [-0.4, -0.2) is 12.8 Å². The van der Waals surface area contributed by atoms with Gasteiger partial charge in [-0.25, -0.2) is 0 Å². The van der Waals surface area contributed by atoms with Gasteiger partial charge >= 0.3 is 0 Å². The number of oxime groups is 1. The fraction of sp³-hybridized carbons (Fsp3) is 0.300. The summed E-state index contributed by atoms with van der Waals surface area (Å²) in [6.45, 7) is 3.94. The number of nitrogens with zero attached hydrogens (tertiary/aromatic N) is 1. The van der Waals surface area contributed by atoms with Gasteiger partial charge in [-0.2, -0.15) is 0 Å². The number of rotatable bonds is 3. The lowest BCUT2D eigenvalue weighted by Gasteiger charge is -1.88. The highest BCUT2D eigenvalue weighted by atomic mass is 16.6. The van der Waals surface area contributed by atoms with Crippen molar-refractivity contribution in [2.75, 3.05) is 6.61 Å². The second-order valence-electron chi connectivity index (χ2n) is 2.38. The molecule has 0 N–H and O–H groups in total. The summed E-state index contributed by atoms with van der Waals surface area (Å²) in [6.07, 6.45) is 1.52. The van der Waals surface area contributed by atoms with Crippen molar-refractivity contribution in [3.63, 3.8) is 0 Å². The number of hydrogen-bond acceptors (Lipinski definition) is 3. The zero-order valence-electron chi connectivity index (χ0n) is 7.70. The van der Waals surface area contributed by atoms with Gasteiger partial charge in [-0.1, -0.05) is 11.1 Å². The lowest BCUT2D eigenvalue weighted by Crippen LogP contribution is -1.83. The van der Waals surface area contributed by atoms with E-state index in [2.05, 4.69) is 17.0 Å². The van der Waals surface area contributed by atoms with Crippen molar-refractivity contribution in [3.8, 4) is 11.8 Å². The van der Waals surface area contributed by atoms with Gasteiger partial charge in [0.25, 0.3) is 0 Å². The summed E-state index contributed by atoms with van der Waals surface area (Å²) in [5.41, 5.74) is 0. The van der Waals surface area contributed by atoms with Crippen LogP contribution in [0.15, 0.2) is 21.7 Å². The van der Waals surface area contributed by atoms with Gasteiger partial charge in [-0.05, 0) is 26.0 Å². The molecule has 0 aromatic carbocycles. The average molecular weight is 177 g/mol. The molecule has 0 spiro atoms. The summed E-state index contributed by atoms with van der Waals surface area (Å²) in [5.74, 6) is 6.96. The van der Waals surface area contributed by atoms with Crippen molar-refractivity contribution in [2.45, 2.75) is 13.8 Å². The average Bonchev–Trinajstić information content (AvgIpc) is 2.51. The quantitative estimate of drug-likeness (QED) is 0.306. The molecule has 0 aliphatic carbocycles. The van der Waals surface area contributed by atoms with Crippen LogP contribution in [0, 0.1) is 18.8 Å². The van der Waals surface area contributed by atoms with Crippen molar-refractivity contribution >= 4 is 6.21 Å². The molecule has 1 aromatic heterocycles.